The molecule has 0 spiro atoms. The molecule has 7 heteroatoms. The van der Waals surface area contributed by atoms with E-state index in [9.17, 15) is 9.59 Å². The van der Waals surface area contributed by atoms with E-state index in [-0.39, 0.29) is 18.4 Å². The molecule has 0 unspecified atom stereocenters. The minimum atomic E-state index is -0.292. The summed E-state index contributed by atoms with van der Waals surface area (Å²) in [7, 11) is 1.55. The van der Waals surface area contributed by atoms with E-state index in [2.05, 4.69) is 20.9 Å². The maximum absolute atomic E-state index is 12.2. The maximum Gasteiger partial charge on any atom is 0.318 e. The fraction of sp³-hybridized carbons (Fsp3) is 0.105. The number of hydrogen-bond acceptors (Lipinski definition) is 4. The van der Waals surface area contributed by atoms with Crippen LogP contribution < -0.4 is 16.0 Å². The van der Waals surface area contributed by atoms with E-state index in [0.29, 0.717) is 11.4 Å². The van der Waals surface area contributed by atoms with Crippen LogP contribution in [0.25, 0.3) is 10.6 Å². The zero-order chi connectivity index (χ0) is 18.4. The van der Waals surface area contributed by atoms with Crippen molar-refractivity contribution in [2.24, 2.45) is 0 Å². The van der Waals surface area contributed by atoms with Crippen LogP contribution in [-0.2, 0) is 11.2 Å². The van der Waals surface area contributed by atoms with Crippen molar-refractivity contribution in [3.63, 3.8) is 0 Å². The van der Waals surface area contributed by atoms with Crippen LogP contribution in [0.5, 0.6) is 0 Å². The number of urea groups is 1. The predicted octanol–water partition coefficient (Wildman–Crippen LogP) is 3.74. The Morgan fingerprint density at radius 2 is 1.62 bits per heavy atom. The summed E-state index contributed by atoms with van der Waals surface area (Å²) < 4.78 is 0. The van der Waals surface area contributed by atoms with Gasteiger partial charge in [-0.1, -0.05) is 30.3 Å². The largest absolute Gasteiger partial charge is 0.341 e. The quantitative estimate of drug-likeness (QED) is 0.643. The summed E-state index contributed by atoms with van der Waals surface area (Å²) >= 11 is 1.52. The molecule has 0 aliphatic heterocycles. The number of nitrogens with one attached hydrogen (secondary N) is 3. The van der Waals surface area contributed by atoms with Crippen LogP contribution in [-0.4, -0.2) is 24.0 Å². The zero-order valence-electron chi connectivity index (χ0n) is 14.2. The van der Waals surface area contributed by atoms with Gasteiger partial charge in [-0.05, 0) is 24.3 Å². The number of nitrogens with zero attached hydrogens (tertiary/aromatic N) is 1. The van der Waals surface area contributed by atoms with Crippen LogP contribution in [0.3, 0.4) is 0 Å². The second-order valence-electron chi connectivity index (χ2n) is 5.52. The SMILES string of the molecule is CNC(=O)Nc1ccc(NC(=O)Cc2csc(-c3ccccc3)n2)cc1. The third-order valence-electron chi connectivity index (χ3n) is 3.57. The number of rotatable bonds is 5. The lowest BCUT2D eigenvalue weighted by Crippen LogP contribution is -2.24. The summed E-state index contributed by atoms with van der Waals surface area (Å²) in [4.78, 5) is 28.0. The Labute approximate surface area is 155 Å². The highest BCUT2D eigenvalue weighted by atomic mass is 32.1. The van der Waals surface area contributed by atoms with E-state index in [1.807, 2.05) is 35.7 Å². The fourth-order valence-electron chi connectivity index (χ4n) is 2.30. The Bertz CT molecular complexity index is 891. The number of benzene rings is 2. The maximum atomic E-state index is 12.2. The van der Waals surface area contributed by atoms with E-state index in [4.69, 9.17) is 0 Å². The monoisotopic (exact) mass is 366 g/mol. The van der Waals surface area contributed by atoms with E-state index < -0.39 is 0 Å². The van der Waals surface area contributed by atoms with Crippen molar-refractivity contribution < 1.29 is 9.59 Å². The Morgan fingerprint density at radius 1 is 0.962 bits per heavy atom. The molecule has 0 saturated heterocycles. The van der Waals surface area contributed by atoms with Gasteiger partial charge in [-0.3, -0.25) is 4.79 Å². The first-order chi connectivity index (χ1) is 12.6. The Hall–Kier alpha value is -3.19. The van der Waals surface area contributed by atoms with Gasteiger partial charge >= 0.3 is 6.03 Å². The van der Waals surface area contributed by atoms with Crippen molar-refractivity contribution >= 4 is 34.6 Å². The van der Waals surface area contributed by atoms with E-state index in [1.165, 1.54) is 11.3 Å². The molecule has 3 rings (SSSR count). The average molecular weight is 366 g/mol. The number of anilines is 2. The van der Waals surface area contributed by atoms with Crippen LogP contribution >= 0.6 is 11.3 Å². The van der Waals surface area contributed by atoms with Crippen LogP contribution in [0.1, 0.15) is 5.69 Å². The number of amides is 3. The van der Waals surface area contributed by atoms with Gasteiger partial charge in [0.05, 0.1) is 12.1 Å². The lowest BCUT2D eigenvalue weighted by molar-refractivity contribution is -0.115. The molecule has 1 heterocycles. The van der Waals surface area contributed by atoms with Gasteiger partial charge < -0.3 is 16.0 Å². The van der Waals surface area contributed by atoms with Gasteiger partial charge in [-0.25, -0.2) is 9.78 Å². The molecule has 3 N–H and O–H groups in total. The van der Waals surface area contributed by atoms with Crippen molar-refractivity contribution in [3.05, 3.63) is 65.7 Å². The van der Waals surface area contributed by atoms with E-state index in [1.54, 1.807) is 31.3 Å². The van der Waals surface area contributed by atoms with Gasteiger partial charge in [-0.15, -0.1) is 11.3 Å². The van der Waals surface area contributed by atoms with Crippen molar-refractivity contribution in [1.82, 2.24) is 10.3 Å². The van der Waals surface area contributed by atoms with E-state index >= 15 is 0 Å². The predicted molar refractivity (Wildman–Crippen MR) is 104 cm³/mol. The molecular weight excluding hydrogens is 348 g/mol. The molecule has 0 saturated carbocycles. The highest BCUT2D eigenvalue weighted by Gasteiger charge is 2.09. The van der Waals surface area contributed by atoms with Gasteiger partial charge in [0.15, 0.2) is 0 Å². The van der Waals surface area contributed by atoms with Crippen LogP contribution in [0.15, 0.2) is 60.0 Å². The first-order valence-electron chi connectivity index (χ1n) is 8.02. The second kappa shape index (κ2) is 8.26. The standard InChI is InChI=1S/C19H18N4O2S/c1-20-19(25)23-15-9-7-14(8-10-15)21-17(24)11-16-12-26-18(22-16)13-5-3-2-4-6-13/h2-10,12H,11H2,1H3,(H,21,24)(H2,20,23,25). The Balaban J connectivity index is 1.57. The number of aromatic nitrogens is 1. The third-order valence-corrected chi connectivity index (χ3v) is 4.51. The Morgan fingerprint density at radius 3 is 2.27 bits per heavy atom. The zero-order valence-corrected chi connectivity index (χ0v) is 15.0. The molecule has 0 bridgehead atoms. The van der Waals surface area contributed by atoms with Crippen molar-refractivity contribution in [2.75, 3.05) is 17.7 Å². The average Bonchev–Trinajstić information content (AvgIpc) is 3.12. The summed E-state index contributed by atoms with van der Waals surface area (Å²) in [5, 5.41) is 10.8. The van der Waals surface area contributed by atoms with Crippen molar-refractivity contribution in [3.8, 4) is 10.6 Å². The molecule has 0 atom stereocenters. The number of hydrogen-bond donors (Lipinski definition) is 3. The van der Waals surface area contributed by atoms with E-state index in [0.717, 1.165) is 16.3 Å². The minimum absolute atomic E-state index is 0.137. The summed E-state index contributed by atoms with van der Waals surface area (Å²) in [5.74, 6) is -0.137. The van der Waals surface area contributed by atoms with Crippen LogP contribution in [0.4, 0.5) is 16.2 Å². The molecule has 0 aliphatic rings. The van der Waals surface area contributed by atoms with Gasteiger partial charge in [0.25, 0.3) is 0 Å². The minimum Gasteiger partial charge on any atom is -0.341 e. The second-order valence-corrected chi connectivity index (χ2v) is 6.37. The van der Waals surface area contributed by atoms with Gasteiger partial charge in [0.2, 0.25) is 5.91 Å². The summed E-state index contributed by atoms with van der Waals surface area (Å²) in [6.45, 7) is 0. The topological polar surface area (TPSA) is 83.1 Å². The lowest BCUT2D eigenvalue weighted by Gasteiger charge is -2.07. The smallest absolute Gasteiger partial charge is 0.318 e. The molecule has 0 aliphatic carbocycles. The molecule has 0 radical (unpaired) electrons. The highest BCUT2D eigenvalue weighted by molar-refractivity contribution is 7.13. The van der Waals surface area contributed by atoms with Gasteiger partial charge in [0.1, 0.15) is 5.01 Å². The molecule has 132 valence electrons. The Kier molecular flexibility index (Phi) is 5.60. The van der Waals surface area contributed by atoms with Crippen molar-refractivity contribution in [1.29, 1.82) is 0 Å². The fourth-order valence-corrected chi connectivity index (χ4v) is 3.13. The van der Waals surface area contributed by atoms with Crippen LogP contribution in [0, 0.1) is 0 Å². The summed E-state index contributed by atoms with van der Waals surface area (Å²) in [5.41, 5.74) is 3.10. The number of thiazole rings is 1. The normalized spacial score (nSPS) is 10.2. The molecule has 6 nitrogen and oxygen atoms in total. The highest BCUT2D eigenvalue weighted by Crippen LogP contribution is 2.23. The number of carbonyl (C=O) groups is 2. The molecule has 26 heavy (non-hydrogen) atoms. The lowest BCUT2D eigenvalue weighted by atomic mass is 10.2. The van der Waals surface area contributed by atoms with Crippen LogP contribution in [0.2, 0.25) is 0 Å². The summed E-state index contributed by atoms with van der Waals surface area (Å²) in [6, 6.07) is 16.5. The molecule has 3 aromatic rings. The molecule has 3 amide bonds. The first kappa shape index (κ1) is 17.6. The number of carbonyl (C=O) groups excluding carboxylic acids is 2. The molecule has 1 aromatic heterocycles. The van der Waals surface area contributed by atoms with Crippen molar-refractivity contribution in [2.45, 2.75) is 6.42 Å². The van der Waals surface area contributed by atoms with Gasteiger partial charge in [-0.2, -0.15) is 0 Å². The molecule has 2 aromatic carbocycles. The third kappa shape index (κ3) is 4.67. The summed E-state index contributed by atoms with van der Waals surface area (Å²) in [6.07, 6.45) is 0.210. The molecular formula is C19H18N4O2S. The first-order valence-corrected chi connectivity index (χ1v) is 8.90. The van der Waals surface area contributed by atoms with Gasteiger partial charge in [0, 0.05) is 29.4 Å². The molecule has 0 fully saturated rings.